The second-order valence-corrected chi connectivity index (χ2v) is 5.34. The van der Waals surface area contributed by atoms with Crippen molar-refractivity contribution in [3.05, 3.63) is 39.4 Å². The third kappa shape index (κ3) is 3.16. The first-order valence-corrected chi connectivity index (χ1v) is 6.50. The van der Waals surface area contributed by atoms with Gasteiger partial charge in [0.1, 0.15) is 5.82 Å². The van der Waals surface area contributed by atoms with Crippen LogP contribution in [-0.4, -0.2) is 38.9 Å². The Morgan fingerprint density at radius 3 is 2.75 bits per heavy atom. The molecular weight excluding hydrogens is 282 g/mol. The first-order valence-electron chi connectivity index (χ1n) is 6.13. The zero-order valence-corrected chi connectivity index (χ0v) is 11.7. The average molecular weight is 298 g/mol. The van der Waals surface area contributed by atoms with Crippen molar-refractivity contribution in [1.82, 2.24) is 15.3 Å². The average Bonchev–Trinajstić information content (AvgIpc) is 2.44. The van der Waals surface area contributed by atoms with Crippen LogP contribution in [-0.2, 0) is 6.54 Å². The number of rotatable bonds is 5. The number of H-pyrrole nitrogens is 1. The highest BCUT2D eigenvalue weighted by atomic mass is 35.5. The Kier molecular flexibility index (Phi) is 4.39. The number of aliphatic hydroxyl groups excluding tert-OH is 2. The van der Waals surface area contributed by atoms with E-state index in [1.807, 2.05) is 0 Å². The smallest absolute Gasteiger partial charge is 0.258 e. The van der Waals surface area contributed by atoms with E-state index < -0.39 is 5.54 Å². The third-order valence-corrected chi connectivity index (χ3v) is 3.33. The van der Waals surface area contributed by atoms with Gasteiger partial charge in [0.05, 0.1) is 36.2 Å². The van der Waals surface area contributed by atoms with Gasteiger partial charge in [-0.1, -0.05) is 11.6 Å². The van der Waals surface area contributed by atoms with Crippen molar-refractivity contribution in [2.45, 2.75) is 19.0 Å². The second kappa shape index (κ2) is 5.88. The predicted molar refractivity (Wildman–Crippen MR) is 76.8 cm³/mol. The largest absolute Gasteiger partial charge is 0.394 e. The first-order chi connectivity index (χ1) is 9.47. The van der Waals surface area contributed by atoms with Gasteiger partial charge in [-0.15, -0.1) is 0 Å². The number of hydrogen-bond acceptors (Lipinski definition) is 5. The summed E-state index contributed by atoms with van der Waals surface area (Å²) in [6.45, 7) is 1.43. The first kappa shape index (κ1) is 14.9. The Labute approximate surface area is 120 Å². The van der Waals surface area contributed by atoms with Crippen LogP contribution in [0.25, 0.3) is 10.9 Å². The quantitative estimate of drug-likeness (QED) is 0.641. The van der Waals surface area contributed by atoms with E-state index in [1.54, 1.807) is 25.1 Å². The van der Waals surface area contributed by atoms with Crippen LogP contribution < -0.4 is 10.9 Å². The van der Waals surface area contributed by atoms with E-state index in [4.69, 9.17) is 11.6 Å². The zero-order valence-electron chi connectivity index (χ0n) is 11.0. The van der Waals surface area contributed by atoms with Gasteiger partial charge < -0.3 is 20.5 Å². The number of nitrogens with one attached hydrogen (secondary N) is 2. The highest BCUT2D eigenvalue weighted by molar-refractivity contribution is 6.31. The molecule has 0 amide bonds. The molecule has 0 saturated heterocycles. The van der Waals surface area contributed by atoms with Gasteiger partial charge in [0.2, 0.25) is 0 Å². The van der Waals surface area contributed by atoms with Crippen LogP contribution in [0.1, 0.15) is 12.7 Å². The number of hydrogen-bond donors (Lipinski definition) is 4. The van der Waals surface area contributed by atoms with Crippen LogP contribution in [0, 0.1) is 0 Å². The van der Waals surface area contributed by atoms with Crippen LogP contribution in [0.3, 0.4) is 0 Å². The summed E-state index contributed by atoms with van der Waals surface area (Å²) in [4.78, 5) is 18.9. The minimum atomic E-state index is -0.831. The minimum absolute atomic E-state index is 0.218. The summed E-state index contributed by atoms with van der Waals surface area (Å²) in [5.41, 5.74) is -0.576. The molecule has 0 aliphatic heterocycles. The molecule has 0 unspecified atom stereocenters. The maximum Gasteiger partial charge on any atom is 0.258 e. The highest BCUT2D eigenvalue weighted by Crippen LogP contribution is 2.14. The molecule has 20 heavy (non-hydrogen) atoms. The highest BCUT2D eigenvalue weighted by Gasteiger charge is 2.21. The molecule has 0 aliphatic carbocycles. The van der Waals surface area contributed by atoms with E-state index in [0.29, 0.717) is 21.7 Å². The molecule has 1 aromatic carbocycles. The standard InChI is InChI=1S/C13H16ClN3O3/c1-13(6-18,7-19)15-5-11-16-10-4-8(14)2-3-9(10)12(20)17-11/h2-4,15,18-19H,5-7H2,1H3,(H,16,17,20). The van der Waals surface area contributed by atoms with E-state index in [0.717, 1.165) is 0 Å². The van der Waals surface area contributed by atoms with Gasteiger partial charge in [0.15, 0.2) is 0 Å². The SMILES string of the molecule is CC(CO)(CO)NCc1nc2cc(Cl)ccc2c(=O)[nH]1. The molecule has 1 heterocycles. The predicted octanol–water partition coefficient (Wildman–Crippen LogP) is 0.409. The lowest BCUT2D eigenvalue weighted by Gasteiger charge is -2.25. The maximum absolute atomic E-state index is 11.9. The van der Waals surface area contributed by atoms with E-state index >= 15 is 0 Å². The summed E-state index contributed by atoms with van der Waals surface area (Å²) in [5, 5.41) is 22.3. The minimum Gasteiger partial charge on any atom is -0.394 e. The summed E-state index contributed by atoms with van der Waals surface area (Å²) in [5.74, 6) is 0.415. The van der Waals surface area contributed by atoms with Crippen LogP contribution in [0.5, 0.6) is 0 Å². The molecule has 0 atom stereocenters. The van der Waals surface area contributed by atoms with Crippen LogP contribution >= 0.6 is 11.6 Å². The molecule has 0 aliphatic rings. The zero-order chi connectivity index (χ0) is 14.8. The van der Waals surface area contributed by atoms with Gasteiger partial charge >= 0.3 is 0 Å². The lowest BCUT2D eigenvalue weighted by Crippen LogP contribution is -2.48. The molecule has 4 N–H and O–H groups in total. The molecule has 0 fully saturated rings. The van der Waals surface area contributed by atoms with Gasteiger partial charge in [-0.25, -0.2) is 4.98 Å². The number of aromatic nitrogens is 2. The number of aliphatic hydroxyl groups is 2. The molecule has 0 radical (unpaired) electrons. The Bertz CT molecular complexity index is 667. The van der Waals surface area contributed by atoms with E-state index in [-0.39, 0.29) is 25.3 Å². The summed E-state index contributed by atoms with van der Waals surface area (Å²) in [6, 6.07) is 4.87. The molecule has 1 aromatic heterocycles. The number of fused-ring (bicyclic) bond motifs is 1. The molecular formula is C13H16ClN3O3. The lowest BCUT2D eigenvalue weighted by atomic mass is 10.1. The van der Waals surface area contributed by atoms with Crippen LogP contribution in [0.2, 0.25) is 5.02 Å². The van der Waals surface area contributed by atoms with Gasteiger partial charge in [0, 0.05) is 5.02 Å². The normalized spacial score (nSPS) is 12.0. The Balaban J connectivity index is 2.30. The van der Waals surface area contributed by atoms with Crippen molar-refractivity contribution >= 4 is 22.5 Å². The van der Waals surface area contributed by atoms with Crippen molar-refractivity contribution in [2.24, 2.45) is 0 Å². The summed E-state index contributed by atoms with van der Waals surface area (Å²) in [6.07, 6.45) is 0. The van der Waals surface area contributed by atoms with Crippen molar-refractivity contribution in [2.75, 3.05) is 13.2 Å². The van der Waals surface area contributed by atoms with E-state index in [2.05, 4.69) is 15.3 Å². The molecule has 0 bridgehead atoms. The van der Waals surface area contributed by atoms with Crippen LogP contribution in [0.4, 0.5) is 0 Å². The monoisotopic (exact) mass is 297 g/mol. The van der Waals surface area contributed by atoms with Gasteiger partial charge in [-0.3, -0.25) is 4.79 Å². The van der Waals surface area contributed by atoms with Crippen molar-refractivity contribution in [1.29, 1.82) is 0 Å². The fourth-order valence-electron chi connectivity index (χ4n) is 1.70. The molecule has 108 valence electrons. The van der Waals surface area contributed by atoms with Gasteiger partial charge in [-0.2, -0.15) is 0 Å². The van der Waals surface area contributed by atoms with Gasteiger partial charge in [-0.05, 0) is 25.1 Å². The summed E-state index contributed by atoms with van der Waals surface area (Å²) in [7, 11) is 0. The number of nitrogens with zero attached hydrogens (tertiary/aromatic N) is 1. The third-order valence-electron chi connectivity index (χ3n) is 3.10. The Morgan fingerprint density at radius 1 is 1.40 bits per heavy atom. The summed E-state index contributed by atoms with van der Waals surface area (Å²) >= 11 is 5.88. The Morgan fingerprint density at radius 2 is 2.10 bits per heavy atom. The van der Waals surface area contributed by atoms with Crippen molar-refractivity contribution in [3.63, 3.8) is 0 Å². The van der Waals surface area contributed by atoms with Gasteiger partial charge in [0.25, 0.3) is 5.56 Å². The molecule has 0 spiro atoms. The fourth-order valence-corrected chi connectivity index (χ4v) is 1.87. The number of benzene rings is 1. The van der Waals surface area contributed by atoms with Crippen molar-refractivity contribution < 1.29 is 10.2 Å². The Hall–Kier alpha value is -1.47. The molecule has 2 aromatic rings. The van der Waals surface area contributed by atoms with E-state index in [9.17, 15) is 15.0 Å². The second-order valence-electron chi connectivity index (χ2n) is 4.90. The molecule has 0 saturated carbocycles. The summed E-state index contributed by atoms with van der Waals surface area (Å²) < 4.78 is 0. The van der Waals surface area contributed by atoms with Crippen molar-refractivity contribution in [3.8, 4) is 0 Å². The number of aromatic amines is 1. The fraction of sp³-hybridized carbons (Fsp3) is 0.385. The van der Waals surface area contributed by atoms with Crippen LogP contribution in [0.15, 0.2) is 23.0 Å². The van der Waals surface area contributed by atoms with E-state index in [1.165, 1.54) is 0 Å². The number of halogens is 1. The molecule has 7 heteroatoms. The molecule has 6 nitrogen and oxygen atoms in total. The molecule has 2 rings (SSSR count). The lowest BCUT2D eigenvalue weighted by molar-refractivity contribution is 0.102. The maximum atomic E-state index is 11.9. The topological polar surface area (TPSA) is 98.2 Å².